The van der Waals surface area contributed by atoms with E-state index in [0.29, 0.717) is 23.2 Å². The van der Waals surface area contributed by atoms with Crippen LogP contribution in [-0.2, 0) is 6.54 Å². The van der Waals surface area contributed by atoms with Crippen LogP contribution in [0.1, 0.15) is 15.9 Å². The third-order valence-electron chi connectivity index (χ3n) is 3.27. The highest BCUT2D eigenvalue weighted by Gasteiger charge is 2.08. The van der Waals surface area contributed by atoms with Crippen molar-refractivity contribution in [3.8, 4) is 0 Å². The van der Waals surface area contributed by atoms with Crippen molar-refractivity contribution in [2.24, 2.45) is 0 Å². The number of Topliss-reactive ketones (excluding diaryl/α,β-unsaturated/α-hetero) is 1. The summed E-state index contributed by atoms with van der Waals surface area (Å²) in [5, 5.41) is 3.11. The van der Waals surface area contributed by atoms with Gasteiger partial charge in [0.25, 0.3) is 0 Å². The van der Waals surface area contributed by atoms with Crippen molar-refractivity contribution in [1.29, 1.82) is 0 Å². The van der Waals surface area contributed by atoms with Crippen LogP contribution in [0.3, 0.4) is 0 Å². The Balaban J connectivity index is 0.00000192. The second-order valence-electron chi connectivity index (χ2n) is 4.88. The van der Waals surface area contributed by atoms with E-state index in [-0.39, 0.29) is 24.7 Å². The molecule has 2 N–H and O–H groups in total. The van der Waals surface area contributed by atoms with Crippen LogP contribution in [0.25, 0.3) is 11.1 Å². The predicted octanol–water partition coefficient (Wildman–Crippen LogP) is 3.28. The second-order valence-corrected chi connectivity index (χ2v) is 5.79. The van der Waals surface area contributed by atoms with Gasteiger partial charge in [-0.15, -0.1) is 12.4 Å². The smallest absolute Gasteiger partial charge is 0.408 e. The summed E-state index contributed by atoms with van der Waals surface area (Å²) in [4.78, 5) is 25.8. The van der Waals surface area contributed by atoms with Crippen LogP contribution in [0.2, 0.25) is 0 Å². The maximum Gasteiger partial charge on any atom is 0.417 e. The number of H-pyrrole nitrogens is 1. The molecule has 0 aliphatic carbocycles. The number of ketones is 1. The number of halogens is 2. The summed E-state index contributed by atoms with van der Waals surface area (Å²) in [6.45, 7) is 0.830. The van der Waals surface area contributed by atoms with Gasteiger partial charge in [0.2, 0.25) is 0 Å². The lowest BCUT2D eigenvalue weighted by Gasteiger charge is -2.05. The van der Waals surface area contributed by atoms with E-state index in [9.17, 15) is 9.59 Å². The molecule has 0 unspecified atom stereocenters. The number of oxazole rings is 1. The lowest BCUT2D eigenvalue weighted by molar-refractivity contribution is 0.0991. The molecule has 7 heteroatoms. The number of carbonyl (C=O) groups excluding carboxylic acids is 1. The molecule has 120 valence electrons. The zero-order valence-corrected chi connectivity index (χ0v) is 14.4. The monoisotopic (exact) mass is 396 g/mol. The quantitative estimate of drug-likeness (QED) is 0.648. The Bertz CT molecular complexity index is 871. The Hall–Kier alpha value is -1.89. The van der Waals surface area contributed by atoms with Crippen molar-refractivity contribution in [3.05, 3.63) is 68.6 Å². The maximum atomic E-state index is 12.1. The highest BCUT2D eigenvalue weighted by molar-refractivity contribution is 9.10. The molecular weight excluding hydrogens is 384 g/mol. The van der Waals surface area contributed by atoms with E-state index < -0.39 is 5.76 Å². The normalized spacial score (nSPS) is 10.5. The number of benzene rings is 2. The Kier molecular flexibility index (Phi) is 5.76. The first-order chi connectivity index (χ1) is 10.6. The highest BCUT2D eigenvalue weighted by atomic mass is 79.9. The number of hydrogen-bond acceptors (Lipinski definition) is 4. The number of carbonyl (C=O) groups is 1. The van der Waals surface area contributed by atoms with E-state index in [4.69, 9.17) is 4.42 Å². The minimum absolute atomic E-state index is 0. The van der Waals surface area contributed by atoms with Gasteiger partial charge in [-0.25, -0.2) is 4.79 Å². The van der Waals surface area contributed by atoms with Crippen molar-refractivity contribution in [2.75, 3.05) is 6.54 Å². The van der Waals surface area contributed by atoms with Crippen LogP contribution in [0.5, 0.6) is 0 Å². The number of nitrogens with one attached hydrogen (secondary N) is 2. The number of hydrogen-bond donors (Lipinski definition) is 2. The topological polar surface area (TPSA) is 75.1 Å². The van der Waals surface area contributed by atoms with Gasteiger partial charge in [0.05, 0.1) is 12.1 Å². The molecule has 0 spiro atoms. The van der Waals surface area contributed by atoms with Crippen LogP contribution in [0.4, 0.5) is 0 Å². The summed E-state index contributed by atoms with van der Waals surface area (Å²) in [6, 6.07) is 12.8. The van der Waals surface area contributed by atoms with Gasteiger partial charge >= 0.3 is 5.76 Å². The van der Waals surface area contributed by atoms with Gasteiger partial charge in [0.15, 0.2) is 11.4 Å². The highest BCUT2D eigenvalue weighted by Crippen LogP contribution is 2.13. The van der Waals surface area contributed by atoms with E-state index >= 15 is 0 Å². The van der Waals surface area contributed by atoms with Crippen molar-refractivity contribution >= 4 is 45.2 Å². The number of aromatic nitrogens is 1. The zero-order chi connectivity index (χ0) is 15.5. The number of aromatic amines is 1. The molecule has 0 atom stereocenters. The zero-order valence-electron chi connectivity index (χ0n) is 12.0. The van der Waals surface area contributed by atoms with Gasteiger partial charge < -0.3 is 9.73 Å². The summed E-state index contributed by atoms with van der Waals surface area (Å²) in [5.74, 6) is -0.573. The summed E-state index contributed by atoms with van der Waals surface area (Å²) in [7, 11) is 0. The fourth-order valence-corrected chi connectivity index (χ4v) is 2.41. The first-order valence-corrected chi connectivity index (χ1v) is 7.52. The molecule has 0 radical (unpaired) electrons. The van der Waals surface area contributed by atoms with Gasteiger partial charge in [0, 0.05) is 16.6 Å². The van der Waals surface area contributed by atoms with Gasteiger partial charge in [-0.1, -0.05) is 28.1 Å². The molecule has 23 heavy (non-hydrogen) atoms. The lowest BCUT2D eigenvalue weighted by Crippen LogP contribution is -2.22. The molecule has 0 fully saturated rings. The van der Waals surface area contributed by atoms with Crippen molar-refractivity contribution in [3.63, 3.8) is 0 Å². The van der Waals surface area contributed by atoms with Crippen LogP contribution in [-0.4, -0.2) is 17.3 Å². The average molecular weight is 398 g/mol. The molecule has 5 nitrogen and oxygen atoms in total. The van der Waals surface area contributed by atoms with Gasteiger partial charge in [-0.3, -0.25) is 9.78 Å². The average Bonchev–Trinajstić information content (AvgIpc) is 2.88. The van der Waals surface area contributed by atoms with E-state index in [1.165, 1.54) is 0 Å². The van der Waals surface area contributed by atoms with Crippen molar-refractivity contribution in [2.45, 2.75) is 6.54 Å². The van der Waals surface area contributed by atoms with Crippen LogP contribution in [0, 0.1) is 0 Å². The Labute approximate surface area is 146 Å². The molecule has 2 aromatic carbocycles. The third kappa shape index (κ3) is 4.31. The third-order valence-corrected chi connectivity index (χ3v) is 3.80. The molecule has 0 saturated heterocycles. The van der Waals surface area contributed by atoms with Gasteiger partial charge in [-0.2, -0.15) is 0 Å². The molecule has 0 amide bonds. The molecule has 0 aliphatic rings. The summed E-state index contributed by atoms with van der Waals surface area (Å²) in [5.41, 5.74) is 2.59. The maximum absolute atomic E-state index is 12.1. The molecule has 3 aromatic rings. The molecular formula is C16H14BrClN2O3. The molecule has 1 aromatic heterocycles. The summed E-state index contributed by atoms with van der Waals surface area (Å²) in [6.07, 6.45) is 0. The van der Waals surface area contributed by atoms with E-state index in [1.807, 2.05) is 24.3 Å². The first-order valence-electron chi connectivity index (χ1n) is 6.73. The fourth-order valence-electron chi connectivity index (χ4n) is 2.14. The van der Waals surface area contributed by atoms with Gasteiger partial charge in [-0.05, 0) is 35.9 Å². The Morgan fingerprint density at radius 3 is 2.65 bits per heavy atom. The number of rotatable bonds is 5. The molecule has 0 aliphatic heterocycles. The van der Waals surface area contributed by atoms with Gasteiger partial charge in [0.1, 0.15) is 0 Å². The summed E-state index contributed by atoms with van der Waals surface area (Å²) < 4.78 is 5.98. The predicted molar refractivity (Wildman–Crippen MR) is 94.3 cm³/mol. The summed E-state index contributed by atoms with van der Waals surface area (Å²) >= 11 is 3.38. The van der Waals surface area contributed by atoms with Crippen molar-refractivity contribution < 1.29 is 9.21 Å². The molecule has 1 heterocycles. The molecule has 0 bridgehead atoms. The van der Waals surface area contributed by atoms with Crippen LogP contribution < -0.4 is 11.1 Å². The molecule has 3 rings (SSSR count). The van der Waals surface area contributed by atoms with Crippen molar-refractivity contribution in [1.82, 2.24) is 10.3 Å². The molecule has 0 saturated carbocycles. The largest absolute Gasteiger partial charge is 0.417 e. The minimum Gasteiger partial charge on any atom is -0.408 e. The first kappa shape index (κ1) is 17.5. The Morgan fingerprint density at radius 2 is 1.91 bits per heavy atom. The van der Waals surface area contributed by atoms with E-state index in [1.54, 1.807) is 18.2 Å². The Morgan fingerprint density at radius 1 is 1.17 bits per heavy atom. The SMILES string of the molecule is Cl.O=C(CNCc1ccc(Br)cc1)c1ccc2[nH]c(=O)oc2c1. The van der Waals surface area contributed by atoms with E-state index in [0.717, 1.165) is 10.0 Å². The second kappa shape index (κ2) is 7.59. The lowest BCUT2D eigenvalue weighted by atomic mass is 10.1. The van der Waals surface area contributed by atoms with E-state index in [2.05, 4.69) is 26.2 Å². The fraction of sp³-hybridized carbons (Fsp3) is 0.125. The van der Waals surface area contributed by atoms with Crippen LogP contribution >= 0.6 is 28.3 Å². The number of fused-ring (bicyclic) bond motifs is 1. The minimum atomic E-state index is -0.520. The standard InChI is InChI=1S/C16H13BrN2O3.ClH/c17-12-4-1-10(2-5-12)8-18-9-14(20)11-3-6-13-15(7-11)22-16(21)19-13;/h1-7,18H,8-9H2,(H,19,21);1H. The van der Waals surface area contributed by atoms with Crippen LogP contribution in [0.15, 0.2) is 56.1 Å².